The highest BCUT2D eigenvalue weighted by atomic mass is 14.9. The van der Waals surface area contributed by atoms with E-state index in [4.69, 9.17) is 4.98 Å². The molecule has 2 aliphatic rings. The summed E-state index contributed by atoms with van der Waals surface area (Å²) in [5, 5.41) is 3.49. The Labute approximate surface area is 103 Å². The van der Waals surface area contributed by atoms with Gasteiger partial charge in [-0.15, -0.1) is 0 Å². The topological polar surface area (TPSA) is 40.7 Å². The number of aryl methyl sites for hydroxylation is 1. The predicted molar refractivity (Wildman–Crippen MR) is 69.2 cm³/mol. The fraction of sp³-hybridized carbons (Fsp3) is 0.786. The van der Waals surface area contributed by atoms with Crippen LogP contribution in [0.3, 0.4) is 0 Å². The van der Waals surface area contributed by atoms with Crippen LogP contribution in [0.2, 0.25) is 0 Å². The zero-order valence-corrected chi connectivity index (χ0v) is 10.8. The van der Waals surface area contributed by atoms with Crippen molar-refractivity contribution in [3.63, 3.8) is 0 Å². The van der Waals surface area contributed by atoms with E-state index in [1.165, 1.54) is 62.4 Å². The smallest absolute Gasteiger partial charge is 0.109 e. The molecule has 1 saturated carbocycles. The normalized spacial score (nSPS) is 25.8. The lowest BCUT2D eigenvalue weighted by molar-refractivity contribution is 0.372. The molecule has 0 bridgehead atoms. The van der Waals surface area contributed by atoms with E-state index in [0.29, 0.717) is 0 Å². The second-order valence-electron chi connectivity index (χ2n) is 5.74. The zero-order chi connectivity index (χ0) is 11.7. The van der Waals surface area contributed by atoms with Crippen LogP contribution in [0.5, 0.6) is 0 Å². The quantitative estimate of drug-likeness (QED) is 0.842. The lowest BCUT2D eigenvalue weighted by atomic mass is 9.85. The number of hydrogen-bond acceptors (Lipinski definition) is 2. The molecule has 3 rings (SSSR count). The Morgan fingerprint density at radius 1 is 1.24 bits per heavy atom. The van der Waals surface area contributed by atoms with Gasteiger partial charge in [-0.1, -0.05) is 6.42 Å². The summed E-state index contributed by atoms with van der Waals surface area (Å²) in [6.45, 7) is 4.55. The lowest BCUT2D eigenvalue weighted by Crippen LogP contribution is -2.31. The molecular formula is C14H23N3. The number of imidazole rings is 1. The number of nitrogens with zero attached hydrogens (tertiary/aromatic N) is 1. The van der Waals surface area contributed by atoms with Gasteiger partial charge in [0.15, 0.2) is 0 Å². The van der Waals surface area contributed by atoms with Gasteiger partial charge in [0.1, 0.15) is 5.82 Å². The standard InChI is InChI=1S/C14H23N3/c1-10-13(8-11-4-3-7-15-9-11)17-14(16-10)12-5-2-6-12/h11-12,15H,2-9H2,1H3,(H,16,17). The first-order valence-corrected chi connectivity index (χ1v) is 7.09. The molecule has 0 aromatic carbocycles. The van der Waals surface area contributed by atoms with Gasteiger partial charge in [-0.25, -0.2) is 4.98 Å². The Bertz CT molecular complexity index is 373. The van der Waals surface area contributed by atoms with Crippen molar-refractivity contribution in [1.82, 2.24) is 15.3 Å². The second-order valence-corrected chi connectivity index (χ2v) is 5.74. The molecule has 1 aromatic heterocycles. The minimum atomic E-state index is 0.729. The fourth-order valence-corrected chi connectivity index (χ4v) is 2.97. The van der Waals surface area contributed by atoms with Crippen LogP contribution in [0.25, 0.3) is 0 Å². The van der Waals surface area contributed by atoms with Crippen molar-refractivity contribution in [1.29, 1.82) is 0 Å². The summed E-state index contributed by atoms with van der Waals surface area (Å²) < 4.78 is 0. The molecule has 1 saturated heterocycles. The Morgan fingerprint density at radius 2 is 2.12 bits per heavy atom. The molecule has 3 nitrogen and oxygen atoms in total. The molecule has 3 heteroatoms. The molecule has 0 amide bonds. The summed E-state index contributed by atoms with van der Waals surface area (Å²) in [7, 11) is 0. The maximum atomic E-state index is 4.84. The Hall–Kier alpha value is -0.830. The maximum Gasteiger partial charge on any atom is 0.109 e. The number of hydrogen-bond donors (Lipinski definition) is 2. The molecule has 2 fully saturated rings. The van der Waals surface area contributed by atoms with Gasteiger partial charge in [-0.05, 0) is 58.0 Å². The van der Waals surface area contributed by atoms with Crippen LogP contribution in [0.4, 0.5) is 0 Å². The van der Waals surface area contributed by atoms with Crippen molar-refractivity contribution in [3.05, 3.63) is 17.2 Å². The molecule has 0 spiro atoms. The van der Waals surface area contributed by atoms with Crippen molar-refractivity contribution in [3.8, 4) is 0 Å². The number of rotatable bonds is 3. The predicted octanol–water partition coefficient (Wildman–Crippen LogP) is 2.53. The highest BCUT2D eigenvalue weighted by Gasteiger charge is 2.24. The van der Waals surface area contributed by atoms with Gasteiger partial charge >= 0.3 is 0 Å². The van der Waals surface area contributed by atoms with Gasteiger partial charge in [-0.2, -0.15) is 0 Å². The molecule has 17 heavy (non-hydrogen) atoms. The molecule has 0 radical (unpaired) electrons. The third-order valence-corrected chi connectivity index (χ3v) is 4.38. The van der Waals surface area contributed by atoms with Crippen LogP contribution in [-0.4, -0.2) is 23.1 Å². The van der Waals surface area contributed by atoms with Crippen LogP contribution >= 0.6 is 0 Å². The van der Waals surface area contributed by atoms with E-state index in [1.54, 1.807) is 0 Å². The SMILES string of the molecule is Cc1[nH]c(C2CCC2)nc1CC1CCCNC1. The summed E-state index contributed by atoms with van der Waals surface area (Å²) in [5.74, 6) is 2.78. The number of aromatic amines is 1. The van der Waals surface area contributed by atoms with E-state index < -0.39 is 0 Å². The molecular weight excluding hydrogens is 210 g/mol. The third-order valence-electron chi connectivity index (χ3n) is 4.38. The lowest BCUT2D eigenvalue weighted by Gasteiger charge is -2.23. The number of H-pyrrole nitrogens is 1. The van der Waals surface area contributed by atoms with Crippen LogP contribution < -0.4 is 5.32 Å². The van der Waals surface area contributed by atoms with Crippen molar-refractivity contribution in [2.75, 3.05) is 13.1 Å². The van der Waals surface area contributed by atoms with E-state index in [0.717, 1.165) is 18.3 Å². The van der Waals surface area contributed by atoms with E-state index in [9.17, 15) is 0 Å². The summed E-state index contributed by atoms with van der Waals surface area (Å²) >= 11 is 0. The van der Waals surface area contributed by atoms with Crippen molar-refractivity contribution in [2.45, 2.75) is 51.4 Å². The average Bonchev–Trinajstić information content (AvgIpc) is 2.59. The molecule has 1 aromatic rings. The van der Waals surface area contributed by atoms with E-state index in [-0.39, 0.29) is 0 Å². The second kappa shape index (κ2) is 4.81. The minimum absolute atomic E-state index is 0.729. The maximum absolute atomic E-state index is 4.84. The van der Waals surface area contributed by atoms with Crippen molar-refractivity contribution >= 4 is 0 Å². The fourth-order valence-electron chi connectivity index (χ4n) is 2.97. The van der Waals surface area contributed by atoms with Gasteiger partial charge in [0.05, 0.1) is 5.69 Å². The van der Waals surface area contributed by atoms with Crippen LogP contribution in [0.15, 0.2) is 0 Å². The van der Waals surface area contributed by atoms with Crippen molar-refractivity contribution in [2.24, 2.45) is 5.92 Å². The number of piperidine rings is 1. The summed E-state index contributed by atoms with van der Waals surface area (Å²) in [6.07, 6.45) is 7.88. The van der Waals surface area contributed by atoms with Gasteiger partial charge in [0.25, 0.3) is 0 Å². The number of nitrogens with one attached hydrogen (secondary N) is 2. The summed E-state index contributed by atoms with van der Waals surface area (Å²) in [4.78, 5) is 8.35. The average molecular weight is 233 g/mol. The van der Waals surface area contributed by atoms with E-state index >= 15 is 0 Å². The highest BCUT2D eigenvalue weighted by Crippen LogP contribution is 2.35. The molecule has 1 aliphatic carbocycles. The first kappa shape index (κ1) is 11.3. The molecule has 94 valence electrons. The van der Waals surface area contributed by atoms with Gasteiger partial charge < -0.3 is 10.3 Å². The highest BCUT2D eigenvalue weighted by molar-refractivity contribution is 5.17. The Kier molecular flexibility index (Phi) is 3.19. The first-order valence-electron chi connectivity index (χ1n) is 7.09. The Balaban J connectivity index is 1.66. The van der Waals surface area contributed by atoms with Crippen LogP contribution in [0.1, 0.15) is 55.2 Å². The van der Waals surface area contributed by atoms with E-state index in [1.807, 2.05) is 0 Å². The van der Waals surface area contributed by atoms with Crippen LogP contribution in [0, 0.1) is 12.8 Å². The number of aromatic nitrogens is 2. The zero-order valence-electron chi connectivity index (χ0n) is 10.8. The van der Waals surface area contributed by atoms with Gasteiger partial charge in [0, 0.05) is 11.6 Å². The molecule has 2 heterocycles. The molecule has 1 unspecified atom stereocenters. The monoisotopic (exact) mass is 233 g/mol. The summed E-state index contributed by atoms with van der Waals surface area (Å²) in [5.41, 5.74) is 2.62. The van der Waals surface area contributed by atoms with E-state index in [2.05, 4.69) is 17.2 Å². The Morgan fingerprint density at radius 3 is 2.76 bits per heavy atom. The van der Waals surface area contributed by atoms with Crippen molar-refractivity contribution < 1.29 is 0 Å². The molecule has 1 atom stereocenters. The van der Waals surface area contributed by atoms with Crippen LogP contribution in [-0.2, 0) is 6.42 Å². The minimum Gasteiger partial charge on any atom is -0.346 e. The van der Waals surface area contributed by atoms with Gasteiger partial charge in [0.2, 0.25) is 0 Å². The molecule has 1 aliphatic heterocycles. The third kappa shape index (κ3) is 2.39. The first-order chi connectivity index (χ1) is 8.33. The van der Waals surface area contributed by atoms with Gasteiger partial charge in [-0.3, -0.25) is 0 Å². The molecule has 2 N–H and O–H groups in total. The summed E-state index contributed by atoms with van der Waals surface area (Å²) in [6, 6.07) is 0. The largest absolute Gasteiger partial charge is 0.346 e.